The Bertz CT molecular complexity index is 904. The molecule has 0 aliphatic carbocycles. The Balaban J connectivity index is 2.22. The molecule has 1 N–H and O–H groups in total. The molecule has 0 saturated heterocycles. The molecule has 1 atom stereocenters. The van der Waals surface area contributed by atoms with Gasteiger partial charge in [-0.1, -0.05) is 62.7 Å². The Hall–Kier alpha value is -2.53. The predicted octanol–water partition coefficient (Wildman–Crippen LogP) is 5.56. The van der Waals surface area contributed by atoms with E-state index < -0.39 is 11.6 Å². The lowest BCUT2D eigenvalue weighted by molar-refractivity contribution is -0.143. The van der Waals surface area contributed by atoms with E-state index in [2.05, 4.69) is 19.2 Å². The lowest BCUT2D eigenvalue weighted by Gasteiger charge is -2.33. The third kappa shape index (κ3) is 7.56. The van der Waals surface area contributed by atoms with Gasteiger partial charge in [-0.15, -0.1) is 0 Å². The van der Waals surface area contributed by atoms with E-state index >= 15 is 0 Å². The molecule has 0 radical (unpaired) electrons. The van der Waals surface area contributed by atoms with Crippen LogP contribution in [0.5, 0.6) is 5.75 Å². The Kier molecular flexibility index (Phi) is 9.14. The first-order valence-electron chi connectivity index (χ1n) is 11.1. The number of hydrogen-bond donors (Lipinski definition) is 1. The van der Waals surface area contributed by atoms with Crippen LogP contribution in [0.3, 0.4) is 0 Å². The van der Waals surface area contributed by atoms with Gasteiger partial charge in [-0.3, -0.25) is 9.59 Å². The van der Waals surface area contributed by atoms with Gasteiger partial charge in [0.15, 0.2) is 6.61 Å². The van der Waals surface area contributed by atoms with E-state index in [1.807, 2.05) is 70.2 Å². The summed E-state index contributed by atoms with van der Waals surface area (Å²) in [5.74, 6) is 0.575. The van der Waals surface area contributed by atoms with Crippen molar-refractivity contribution in [1.82, 2.24) is 10.2 Å². The highest BCUT2D eigenvalue weighted by Gasteiger charge is 2.31. The average molecular weight is 459 g/mol. The maximum absolute atomic E-state index is 13.3. The molecule has 2 aromatic carbocycles. The second-order valence-electron chi connectivity index (χ2n) is 9.29. The zero-order valence-corrected chi connectivity index (χ0v) is 20.7. The van der Waals surface area contributed by atoms with Gasteiger partial charge < -0.3 is 15.0 Å². The van der Waals surface area contributed by atoms with Crippen molar-refractivity contribution in [2.45, 2.75) is 72.0 Å². The van der Waals surface area contributed by atoms with E-state index in [4.69, 9.17) is 16.3 Å². The molecule has 2 rings (SSSR count). The van der Waals surface area contributed by atoms with Crippen molar-refractivity contribution in [2.24, 2.45) is 0 Å². The molecule has 5 nitrogen and oxygen atoms in total. The maximum atomic E-state index is 13.3. The summed E-state index contributed by atoms with van der Waals surface area (Å²) >= 11 is 6.35. The molecule has 0 spiro atoms. The smallest absolute Gasteiger partial charge is 0.261 e. The van der Waals surface area contributed by atoms with Crippen LogP contribution in [0.2, 0.25) is 5.02 Å². The molecule has 0 unspecified atom stereocenters. The number of nitrogens with one attached hydrogen (secondary N) is 1. The molecular formula is C26H35ClN2O3. The zero-order valence-electron chi connectivity index (χ0n) is 19.9. The van der Waals surface area contributed by atoms with Crippen molar-refractivity contribution in [3.05, 3.63) is 64.7 Å². The Morgan fingerprint density at radius 3 is 2.22 bits per heavy atom. The maximum Gasteiger partial charge on any atom is 0.261 e. The van der Waals surface area contributed by atoms with Crippen LogP contribution in [0, 0.1) is 0 Å². The van der Waals surface area contributed by atoms with Crippen LogP contribution in [0.25, 0.3) is 0 Å². The summed E-state index contributed by atoms with van der Waals surface area (Å²) in [6.07, 6.45) is 0.473. The third-order valence-electron chi connectivity index (χ3n) is 5.09. The molecule has 0 aliphatic heterocycles. The monoisotopic (exact) mass is 458 g/mol. The Morgan fingerprint density at radius 2 is 1.69 bits per heavy atom. The van der Waals surface area contributed by atoms with Crippen molar-refractivity contribution in [1.29, 1.82) is 0 Å². The van der Waals surface area contributed by atoms with E-state index in [0.717, 1.165) is 5.56 Å². The average Bonchev–Trinajstić information content (AvgIpc) is 2.72. The summed E-state index contributed by atoms with van der Waals surface area (Å²) in [5.41, 5.74) is 1.58. The second kappa shape index (κ2) is 11.4. The molecule has 174 valence electrons. The van der Waals surface area contributed by atoms with Gasteiger partial charge in [0.05, 0.1) is 0 Å². The fourth-order valence-electron chi connectivity index (χ4n) is 3.36. The van der Waals surface area contributed by atoms with Crippen LogP contribution in [-0.2, 0) is 16.1 Å². The van der Waals surface area contributed by atoms with Crippen LogP contribution in [0.4, 0.5) is 0 Å². The molecule has 0 saturated carbocycles. The summed E-state index contributed by atoms with van der Waals surface area (Å²) in [6.45, 7) is 12.0. The molecule has 0 bridgehead atoms. The molecule has 32 heavy (non-hydrogen) atoms. The largest absolute Gasteiger partial charge is 0.484 e. The first-order valence-corrected chi connectivity index (χ1v) is 11.5. The number of nitrogens with zero attached hydrogens (tertiary/aromatic N) is 1. The van der Waals surface area contributed by atoms with Crippen LogP contribution >= 0.6 is 11.6 Å². The zero-order chi connectivity index (χ0) is 23.9. The van der Waals surface area contributed by atoms with E-state index in [0.29, 0.717) is 23.1 Å². The summed E-state index contributed by atoms with van der Waals surface area (Å²) in [5, 5.41) is 3.55. The molecule has 6 heteroatoms. The van der Waals surface area contributed by atoms with Crippen LogP contribution in [0.1, 0.15) is 65.0 Å². The molecule has 0 aromatic heterocycles. The minimum absolute atomic E-state index is 0.162. The molecule has 0 aliphatic rings. The first kappa shape index (κ1) is 25.7. The van der Waals surface area contributed by atoms with E-state index in [1.54, 1.807) is 11.0 Å². The summed E-state index contributed by atoms with van der Waals surface area (Å²) < 4.78 is 5.77. The fraction of sp³-hybridized carbons (Fsp3) is 0.462. The van der Waals surface area contributed by atoms with Crippen molar-refractivity contribution in [3.8, 4) is 5.75 Å². The molecule has 2 aromatic rings. The summed E-state index contributed by atoms with van der Waals surface area (Å²) in [6, 6.07) is 14.4. The summed E-state index contributed by atoms with van der Waals surface area (Å²) in [4.78, 5) is 27.8. The van der Waals surface area contributed by atoms with Crippen LogP contribution < -0.4 is 10.1 Å². The lowest BCUT2D eigenvalue weighted by atomic mass is 10.0. The van der Waals surface area contributed by atoms with Gasteiger partial charge in [-0.2, -0.15) is 0 Å². The third-order valence-corrected chi connectivity index (χ3v) is 5.46. The van der Waals surface area contributed by atoms with Crippen LogP contribution in [-0.4, -0.2) is 34.9 Å². The van der Waals surface area contributed by atoms with Crippen molar-refractivity contribution < 1.29 is 14.3 Å². The first-order chi connectivity index (χ1) is 15.0. The predicted molar refractivity (Wildman–Crippen MR) is 130 cm³/mol. The van der Waals surface area contributed by atoms with Gasteiger partial charge in [0.2, 0.25) is 5.91 Å². The highest BCUT2D eigenvalue weighted by Crippen LogP contribution is 2.21. The lowest BCUT2D eigenvalue weighted by Crippen LogP contribution is -2.54. The number of carbonyl (C=O) groups is 2. The molecular weight excluding hydrogens is 424 g/mol. The van der Waals surface area contributed by atoms with Gasteiger partial charge in [0.1, 0.15) is 11.8 Å². The topological polar surface area (TPSA) is 58.6 Å². The molecule has 2 amide bonds. The quantitative estimate of drug-likeness (QED) is 0.534. The highest BCUT2D eigenvalue weighted by molar-refractivity contribution is 6.31. The Morgan fingerprint density at radius 1 is 1.06 bits per heavy atom. The Labute approximate surface area is 197 Å². The van der Waals surface area contributed by atoms with Gasteiger partial charge >= 0.3 is 0 Å². The van der Waals surface area contributed by atoms with Gasteiger partial charge in [0.25, 0.3) is 5.91 Å². The summed E-state index contributed by atoms with van der Waals surface area (Å²) in [7, 11) is 0. The number of halogens is 1. The molecule has 0 heterocycles. The number of ether oxygens (including phenoxy) is 1. The number of hydrogen-bond acceptors (Lipinski definition) is 3. The second-order valence-corrected chi connectivity index (χ2v) is 9.70. The van der Waals surface area contributed by atoms with Crippen molar-refractivity contribution >= 4 is 23.4 Å². The minimum Gasteiger partial charge on any atom is -0.484 e. The SMILES string of the molecule is CC[C@@H](C(=O)NC(C)(C)C)N(Cc1ccccc1Cl)C(=O)COc1ccc(C(C)C)cc1. The van der Waals surface area contributed by atoms with Gasteiger partial charge in [0, 0.05) is 17.1 Å². The van der Waals surface area contributed by atoms with E-state index in [1.165, 1.54) is 5.56 Å². The highest BCUT2D eigenvalue weighted by atomic mass is 35.5. The van der Waals surface area contributed by atoms with Crippen LogP contribution in [0.15, 0.2) is 48.5 Å². The molecule has 0 fully saturated rings. The number of rotatable bonds is 9. The standard InChI is InChI=1S/C26H35ClN2O3/c1-7-23(25(31)28-26(4,5)6)29(16-20-10-8-9-11-22(20)27)24(30)17-32-21-14-12-19(13-15-21)18(2)3/h8-15,18,23H,7,16-17H2,1-6H3,(H,28,31)/t23-/m0/s1. The number of carbonyl (C=O) groups excluding carboxylic acids is 2. The van der Waals surface area contributed by atoms with Crippen molar-refractivity contribution in [2.75, 3.05) is 6.61 Å². The van der Waals surface area contributed by atoms with Crippen molar-refractivity contribution in [3.63, 3.8) is 0 Å². The normalized spacial score (nSPS) is 12.4. The van der Waals surface area contributed by atoms with E-state index in [-0.39, 0.29) is 25.0 Å². The van der Waals surface area contributed by atoms with Gasteiger partial charge in [-0.05, 0) is 62.4 Å². The number of benzene rings is 2. The minimum atomic E-state index is -0.634. The fourth-order valence-corrected chi connectivity index (χ4v) is 3.55. The van der Waals surface area contributed by atoms with E-state index in [9.17, 15) is 9.59 Å². The number of amides is 2. The van der Waals surface area contributed by atoms with Gasteiger partial charge in [-0.25, -0.2) is 0 Å².